The molecule has 2 N–H and O–H groups in total. The molecule has 0 aromatic heterocycles. The summed E-state index contributed by atoms with van der Waals surface area (Å²) in [4.78, 5) is 22.8. The van der Waals surface area contributed by atoms with Crippen molar-refractivity contribution >= 4 is 17.5 Å². The standard InChI is InChI=1S/C15H17NO4/c1-10(16)15(11(2)17)13(18)9-20-14(19)8-12-6-4-3-5-7-12/h3-7,16,18H,8-9H2,1-2H3/b15-13+,16-10?. The van der Waals surface area contributed by atoms with Crippen LogP contribution in [0.25, 0.3) is 0 Å². The first-order chi connectivity index (χ1) is 9.41. The number of carbonyl (C=O) groups is 2. The van der Waals surface area contributed by atoms with Gasteiger partial charge in [-0.15, -0.1) is 0 Å². The van der Waals surface area contributed by atoms with Crippen molar-refractivity contribution in [2.75, 3.05) is 6.61 Å². The number of aliphatic hydroxyl groups excluding tert-OH is 1. The van der Waals surface area contributed by atoms with Gasteiger partial charge in [-0.2, -0.15) is 0 Å². The van der Waals surface area contributed by atoms with Gasteiger partial charge in [0.1, 0.15) is 12.4 Å². The van der Waals surface area contributed by atoms with Crippen molar-refractivity contribution in [1.82, 2.24) is 0 Å². The van der Waals surface area contributed by atoms with Crippen LogP contribution in [0.2, 0.25) is 0 Å². The summed E-state index contributed by atoms with van der Waals surface area (Å²) in [5.74, 6) is -1.34. The Morgan fingerprint density at radius 1 is 1.20 bits per heavy atom. The highest BCUT2D eigenvalue weighted by Gasteiger charge is 2.15. The fourth-order valence-electron chi connectivity index (χ4n) is 1.72. The highest BCUT2D eigenvalue weighted by Crippen LogP contribution is 2.07. The van der Waals surface area contributed by atoms with Crippen LogP contribution in [0.5, 0.6) is 0 Å². The van der Waals surface area contributed by atoms with Gasteiger partial charge in [0.05, 0.1) is 12.0 Å². The van der Waals surface area contributed by atoms with Crippen LogP contribution in [0.4, 0.5) is 0 Å². The maximum atomic E-state index is 11.6. The Balaban J connectivity index is 2.62. The second-order valence-corrected chi connectivity index (χ2v) is 4.33. The van der Waals surface area contributed by atoms with Gasteiger partial charge in [0.2, 0.25) is 0 Å². The first-order valence-corrected chi connectivity index (χ1v) is 6.10. The predicted molar refractivity (Wildman–Crippen MR) is 74.8 cm³/mol. The third-order valence-corrected chi connectivity index (χ3v) is 2.58. The lowest BCUT2D eigenvalue weighted by Gasteiger charge is -2.08. The molecule has 0 fully saturated rings. The molecule has 0 spiro atoms. The zero-order valence-electron chi connectivity index (χ0n) is 11.5. The second-order valence-electron chi connectivity index (χ2n) is 4.33. The number of hydrogen-bond acceptors (Lipinski definition) is 5. The Morgan fingerprint density at radius 3 is 2.30 bits per heavy atom. The zero-order valence-corrected chi connectivity index (χ0v) is 11.5. The minimum atomic E-state index is -0.506. The fourth-order valence-corrected chi connectivity index (χ4v) is 1.72. The fraction of sp³-hybridized carbons (Fsp3) is 0.267. The molecule has 0 saturated heterocycles. The predicted octanol–water partition coefficient (Wildman–Crippen LogP) is 2.21. The van der Waals surface area contributed by atoms with E-state index in [1.54, 1.807) is 12.1 Å². The highest BCUT2D eigenvalue weighted by atomic mass is 16.5. The van der Waals surface area contributed by atoms with E-state index in [2.05, 4.69) is 0 Å². The van der Waals surface area contributed by atoms with Gasteiger partial charge in [0, 0.05) is 5.71 Å². The Bertz CT molecular complexity index is 530. The number of ketones is 1. The lowest BCUT2D eigenvalue weighted by atomic mass is 10.1. The summed E-state index contributed by atoms with van der Waals surface area (Å²) in [6.07, 6.45) is 0.0904. The number of aliphatic hydroxyl groups is 1. The number of allylic oxidation sites excluding steroid dienone is 1. The summed E-state index contributed by atoms with van der Waals surface area (Å²) in [5, 5.41) is 17.1. The topological polar surface area (TPSA) is 87.5 Å². The van der Waals surface area contributed by atoms with Crippen molar-refractivity contribution in [2.24, 2.45) is 0 Å². The molecule has 1 rings (SSSR count). The normalized spacial score (nSPS) is 11.5. The number of ether oxygens (including phenoxy) is 1. The number of nitrogens with one attached hydrogen (secondary N) is 1. The molecule has 1 aromatic rings. The van der Waals surface area contributed by atoms with Crippen molar-refractivity contribution < 1.29 is 19.4 Å². The maximum absolute atomic E-state index is 11.6. The van der Waals surface area contributed by atoms with Crippen molar-refractivity contribution in [3.05, 3.63) is 47.2 Å². The number of carbonyl (C=O) groups excluding carboxylic acids is 2. The highest BCUT2D eigenvalue weighted by molar-refractivity contribution is 6.19. The number of esters is 1. The van der Waals surface area contributed by atoms with Crippen LogP contribution in [0.1, 0.15) is 19.4 Å². The molecule has 0 amide bonds. The van der Waals surface area contributed by atoms with Crippen LogP contribution < -0.4 is 0 Å². The summed E-state index contributed by atoms with van der Waals surface area (Å²) in [7, 11) is 0. The molecule has 0 heterocycles. The largest absolute Gasteiger partial charge is 0.508 e. The van der Waals surface area contributed by atoms with Crippen LogP contribution in [0, 0.1) is 5.41 Å². The van der Waals surface area contributed by atoms with Crippen molar-refractivity contribution in [1.29, 1.82) is 5.41 Å². The van der Waals surface area contributed by atoms with Gasteiger partial charge in [-0.05, 0) is 19.4 Å². The van der Waals surface area contributed by atoms with Crippen LogP contribution in [0.15, 0.2) is 41.7 Å². The number of rotatable bonds is 6. The molecule has 0 aliphatic heterocycles. The van der Waals surface area contributed by atoms with Gasteiger partial charge in [-0.1, -0.05) is 30.3 Å². The van der Waals surface area contributed by atoms with Gasteiger partial charge in [0.15, 0.2) is 5.78 Å². The molecular formula is C15H17NO4. The monoisotopic (exact) mass is 275 g/mol. The molecule has 0 bridgehead atoms. The molecule has 20 heavy (non-hydrogen) atoms. The first kappa shape index (κ1) is 15.6. The second kappa shape index (κ2) is 7.23. The van der Waals surface area contributed by atoms with E-state index in [4.69, 9.17) is 10.1 Å². The molecule has 5 heteroatoms. The minimum Gasteiger partial charge on any atom is -0.508 e. The molecular weight excluding hydrogens is 258 g/mol. The van der Waals surface area contributed by atoms with Crippen LogP contribution in [-0.4, -0.2) is 29.2 Å². The Morgan fingerprint density at radius 2 is 1.80 bits per heavy atom. The number of Topliss-reactive ketones (excluding diaryl/α,β-unsaturated/α-hetero) is 1. The summed E-state index contributed by atoms with van der Waals surface area (Å²) >= 11 is 0. The van der Waals surface area contributed by atoms with Gasteiger partial charge in [-0.25, -0.2) is 0 Å². The number of hydrogen-bond donors (Lipinski definition) is 2. The van der Waals surface area contributed by atoms with Crippen molar-refractivity contribution in [3.63, 3.8) is 0 Å². The van der Waals surface area contributed by atoms with Gasteiger partial charge in [0.25, 0.3) is 0 Å². The maximum Gasteiger partial charge on any atom is 0.310 e. The Kier molecular flexibility index (Phi) is 5.65. The van der Waals surface area contributed by atoms with E-state index in [-0.39, 0.29) is 17.7 Å². The SMILES string of the molecule is CC(=N)/C(C(C)=O)=C(\O)COC(=O)Cc1ccccc1. The summed E-state index contributed by atoms with van der Waals surface area (Å²) in [6, 6.07) is 9.05. The average Bonchev–Trinajstić information content (AvgIpc) is 2.36. The lowest BCUT2D eigenvalue weighted by Crippen LogP contribution is -2.15. The Hall–Kier alpha value is -2.43. The van der Waals surface area contributed by atoms with E-state index in [1.807, 2.05) is 18.2 Å². The van der Waals surface area contributed by atoms with E-state index in [9.17, 15) is 14.7 Å². The molecule has 0 aliphatic carbocycles. The Labute approximate surface area is 117 Å². The molecule has 0 unspecified atom stereocenters. The van der Waals surface area contributed by atoms with E-state index in [1.165, 1.54) is 13.8 Å². The number of benzene rings is 1. The van der Waals surface area contributed by atoms with Gasteiger partial charge in [-0.3, -0.25) is 9.59 Å². The summed E-state index contributed by atoms with van der Waals surface area (Å²) in [5.41, 5.74) is 0.627. The molecule has 0 radical (unpaired) electrons. The van der Waals surface area contributed by atoms with Gasteiger partial charge >= 0.3 is 5.97 Å². The van der Waals surface area contributed by atoms with Crippen molar-refractivity contribution in [3.8, 4) is 0 Å². The van der Waals surface area contributed by atoms with Crippen molar-refractivity contribution in [2.45, 2.75) is 20.3 Å². The molecule has 5 nitrogen and oxygen atoms in total. The van der Waals surface area contributed by atoms with Crippen LogP contribution >= 0.6 is 0 Å². The quantitative estimate of drug-likeness (QED) is 0.360. The molecule has 106 valence electrons. The molecule has 1 aromatic carbocycles. The smallest absolute Gasteiger partial charge is 0.310 e. The van der Waals surface area contributed by atoms with E-state index in [0.29, 0.717) is 0 Å². The first-order valence-electron chi connectivity index (χ1n) is 6.10. The summed E-state index contributed by atoms with van der Waals surface area (Å²) in [6.45, 7) is 2.23. The van der Waals surface area contributed by atoms with E-state index >= 15 is 0 Å². The minimum absolute atomic E-state index is 0.0610. The van der Waals surface area contributed by atoms with Crippen LogP contribution in [0.3, 0.4) is 0 Å². The third-order valence-electron chi connectivity index (χ3n) is 2.58. The third kappa shape index (κ3) is 4.68. The zero-order chi connectivity index (χ0) is 15.1. The molecule has 0 aliphatic rings. The summed E-state index contributed by atoms with van der Waals surface area (Å²) < 4.78 is 4.89. The van der Waals surface area contributed by atoms with E-state index < -0.39 is 24.1 Å². The van der Waals surface area contributed by atoms with E-state index in [0.717, 1.165) is 5.56 Å². The lowest BCUT2D eigenvalue weighted by molar-refractivity contribution is -0.142. The molecule has 0 saturated carbocycles. The molecule has 0 atom stereocenters. The van der Waals surface area contributed by atoms with Crippen LogP contribution in [-0.2, 0) is 20.7 Å². The van der Waals surface area contributed by atoms with Gasteiger partial charge < -0.3 is 15.3 Å². The average molecular weight is 275 g/mol.